The number of allylic oxidation sites excluding steroid dienone is 2. The number of halogens is 1. The lowest BCUT2D eigenvalue weighted by atomic mass is 10.0. The van der Waals surface area contributed by atoms with Crippen molar-refractivity contribution in [1.82, 2.24) is 4.98 Å². The number of benzene rings is 3. The Balaban J connectivity index is 0.000000374. The number of pyridine rings is 1. The number of fused-ring (bicyclic) bond motifs is 1. The van der Waals surface area contributed by atoms with Crippen LogP contribution in [0.5, 0.6) is 28.7 Å². The van der Waals surface area contributed by atoms with Crippen molar-refractivity contribution in [3.8, 4) is 28.7 Å². The molecular formula is C37H46ClNO6. The summed E-state index contributed by atoms with van der Waals surface area (Å²) in [4.78, 5) is 15.8. The van der Waals surface area contributed by atoms with Crippen LogP contribution in [0.25, 0.3) is 10.8 Å². The lowest BCUT2D eigenvalue weighted by molar-refractivity contribution is 0.101. The first-order chi connectivity index (χ1) is 21.2. The summed E-state index contributed by atoms with van der Waals surface area (Å²) in [6, 6.07) is 17.1. The molecule has 0 spiro atoms. The lowest BCUT2D eigenvalue weighted by Gasteiger charge is -2.15. The van der Waals surface area contributed by atoms with Gasteiger partial charge in [-0.25, -0.2) is 0 Å². The second kappa shape index (κ2) is 18.5. The van der Waals surface area contributed by atoms with Crippen molar-refractivity contribution in [2.75, 3.05) is 26.4 Å². The average molecular weight is 636 g/mol. The van der Waals surface area contributed by atoms with E-state index < -0.39 is 0 Å². The van der Waals surface area contributed by atoms with Gasteiger partial charge in [0.25, 0.3) is 0 Å². The quantitative estimate of drug-likeness (QED) is 0.116. The second-order valence-electron chi connectivity index (χ2n) is 10.4. The Morgan fingerprint density at radius 2 is 1.36 bits per heavy atom. The third kappa shape index (κ3) is 10.7. The molecule has 45 heavy (non-hydrogen) atoms. The van der Waals surface area contributed by atoms with Crippen LogP contribution in [0, 0.1) is 0 Å². The summed E-state index contributed by atoms with van der Waals surface area (Å²) < 4.78 is 23.0. The summed E-state index contributed by atoms with van der Waals surface area (Å²) in [6.45, 7) is 15.8. The number of rotatable bonds is 13. The number of phenols is 1. The summed E-state index contributed by atoms with van der Waals surface area (Å²) in [7, 11) is 0. The van der Waals surface area contributed by atoms with E-state index in [1.54, 1.807) is 18.2 Å². The standard InChI is InChI=1S/C24H29NO4.C13H16O2.ClH/c1-5-26-21-10-9-17(14-22(21)27-6-2)13-20-19-16-24(29-8-4)23(28-7-3)15-18(19)11-12-25-20;1-9(2)4-5-12-8-11(10(3)14)6-7-13(12)15;/h9-12,14-16H,5-8,13H2,1-4H3;4,6-8,15H,5H2,1-3H3;1H. The van der Waals surface area contributed by atoms with E-state index in [0.717, 1.165) is 50.6 Å². The van der Waals surface area contributed by atoms with E-state index in [2.05, 4.69) is 11.1 Å². The highest BCUT2D eigenvalue weighted by atomic mass is 35.5. The monoisotopic (exact) mass is 635 g/mol. The molecule has 0 saturated carbocycles. The SMILES string of the molecule is CC(=O)c1ccc(O)c(CC=C(C)C)c1.CCOc1ccc(Cc2nccc3cc(OCC)c(OCC)cc23)cc1OCC.Cl. The zero-order chi connectivity index (χ0) is 32.1. The molecule has 0 saturated heterocycles. The number of hydrogen-bond donors (Lipinski definition) is 1. The van der Waals surface area contributed by atoms with Crippen LogP contribution in [0.2, 0.25) is 0 Å². The van der Waals surface area contributed by atoms with Gasteiger partial charge in [-0.05, 0) is 120 Å². The van der Waals surface area contributed by atoms with Crippen molar-refractivity contribution >= 4 is 29.0 Å². The molecule has 0 aliphatic rings. The molecule has 0 aliphatic carbocycles. The lowest BCUT2D eigenvalue weighted by Crippen LogP contribution is -2.01. The smallest absolute Gasteiger partial charge is 0.161 e. The molecule has 1 heterocycles. The van der Waals surface area contributed by atoms with Gasteiger partial charge in [0.15, 0.2) is 28.8 Å². The molecule has 1 N–H and O–H groups in total. The van der Waals surface area contributed by atoms with Gasteiger partial charge in [0, 0.05) is 23.6 Å². The first-order valence-electron chi connectivity index (χ1n) is 15.2. The van der Waals surface area contributed by atoms with Crippen LogP contribution in [0.4, 0.5) is 0 Å². The van der Waals surface area contributed by atoms with E-state index in [9.17, 15) is 9.90 Å². The zero-order valence-corrected chi connectivity index (χ0v) is 28.3. The molecule has 4 rings (SSSR count). The molecule has 8 heteroatoms. The van der Waals surface area contributed by atoms with Crippen molar-refractivity contribution in [3.63, 3.8) is 0 Å². The molecule has 0 fully saturated rings. The Bertz CT molecular complexity index is 1580. The Labute approximate surface area is 273 Å². The van der Waals surface area contributed by atoms with Crippen molar-refractivity contribution in [1.29, 1.82) is 0 Å². The Morgan fingerprint density at radius 3 is 1.96 bits per heavy atom. The molecule has 0 unspecified atom stereocenters. The Hall–Kier alpha value is -4.23. The van der Waals surface area contributed by atoms with Crippen molar-refractivity contribution in [2.45, 2.75) is 61.3 Å². The predicted molar refractivity (Wildman–Crippen MR) is 184 cm³/mol. The number of phenolic OH excluding ortho intramolecular Hbond substituents is 1. The van der Waals surface area contributed by atoms with E-state index in [1.807, 2.05) is 84.1 Å². The largest absolute Gasteiger partial charge is 0.508 e. The fourth-order valence-electron chi connectivity index (χ4n) is 4.60. The van der Waals surface area contributed by atoms with Crippen LogP contribution in [0.15, 0.2) is 72.4 Å². The van der Waals surface area contributed by atoms with Gasteiger partial charge in [-0.3, -0.25) is 9.78 Å². The molecule has 0 bridgehead atoms. The number of nitrogens with zero attached hydrogens (tertiary/aromatic N) is 1. The summed E-state index contributed by atoms with van der Waals surface area (Å²) in [5.41, 5.74) is 4.73. The predicted octanol–water partition coefficient (Wildman–Crippen LogP) is 8.95. The molecule has 1 aromatic heterocycles. The summed E-state index contributed by atoms with van der Waals surface area (Å²) in [6.07, 6.45) is 5.21. The van der Waals surface area contributed by atoms with Crippen LogP contribution < -0.4 is 18.9 Å². The van der Waals surface area contributed by atoms with E-state index in [0.29, 0.717) is 44.8 Å². The van der Waals surface area contributed by atoms with Gasteiger partial charge in [-0.2, -0.15) is 0 Å². The molecule has 0 radical (unpaired) electrons. The highest BCUT2D eigenvalue weighted by Crippen LogP contribution is 2.35. The highest BCUT2D eigenvalue weighted by molar-refractivity contribution is 5.94. The summed E-state index contributed by atoms with van der Waals surface area (Å²) in [5.74, 6) is 3.31. The molecule has 0 aliphatic heterocycles. The first-order valence-corrected chi connectivity index (χ1v) is 15.2. The van der Waals surface area contributed by atoms with Crippen molar-refractivity contribution < 1.29 is 28.8 Å². The summed E-state index contributed by atoms with van der Waals surface area (Å²) in [5, 5.41) is 11.7. The Kier molecular flexibility index (Phi) is 15.2. The fraction of sp³-hybridized carbons (Fsp3) is 0.351. The van der Waals surface area contributed by atoms with Gasteiger partial charge >= 0.3 is 0 Å². The van der Waals surface area contributed by atoms with E-state index in [4.69, 9.17) is 18.9 Å². The van der Waals surface area contributed by atoms with Gasteiger partial charge < -0.3 is 24.1 Å². The fourth-order valence-corrected chi connectivity index (χ4v) is 4.60. The number of carbonyl (C=O) groups excluding carboxylic acids is 1. The molecule has 4 aromatic rings. The summed E-state index contributed by atoms with van der Waals surface area (Å²) >= 11 is 0. The van der Waals surface area contributed by atoms with Crippen molar-refractivity contribution in [2.24, 2.45) is 0 Å². The second-order valence-corrected chi connectivity index (χ2v) is 10.4. The minimum Gasteiger partial charge on any atom is -0.508 e. The third-order valence-electron chi connectivity index (χ3n) is 6.71. The molecule has 3 aromatic carbocycles. The number of ketones is 1. The number of Topliss-reactive ketones (excluding diaryl/α,β-unsaturated/α-hetero) is 1. The molecule has 7 nitrogen and oxygen atoms in total. The zero-order valence-electron chi connectivity index (χ0n) is 27.4. The normalized spacial score (nSPS) is 10.2. The number of ether oxygens (including phenoxy) is 4. The van der Waals surface area contributed by atoms with Crippen LogP contribution >= 0.6 is 12.4 Å². The van der Waals surface area contributed by atoms with Gasteiger partial charge in [0.2, 0.25) is 0 Å². The van der Waals surface area contributed by atoms with Crippen LogP contribution in [0.3, 0.4) is 0 Å². The molecule has 0 amide bonds. The van der Waals surface area contributed by atoms with Gasteiger partial charge in [-0.15, -0.1) is 12.4 Å². The van der Waals surface area contributed by atoms with Crippen LogP contribution in [-0.4, -0.2) is 42.3 Å². The topological polar surface area (TPSA) is 87.1 Å². The van der Waals surface area contributed by atoms with Gasteiger partial charge in [0.1, 0.15) is 5.75 Å². The van der Waals surface area contributed by atoms with E-state index in [1.165, 1.54) is 12.5 Å². The maximum atomic E-state index is 11.1. The van der Waals surface area contributed by atoms with E-state index in [-0.39, 0.29) is 23.9 Å². The maximum Gasteiger partial charge on any atom is 0.161 e. The molecule has 242 valence electrons. The number of carbonyl (C=O) groups is 1. The minimum absolute atomic E-state index is 0. The average Bonchev–Trinajstić information content (AvgIpc) is 2.99. The van der Waals surface area contributed by atoms with Crippen LogP contribution in [-0.2, 0) is 12.8 Å². The van der Waals surface area contributed by atoms with E-state index >= 15 is 0 Å². The Morgan fingerprint density at radius 1 is 0.756 bits per heavy atom. The van der Waals surface area contributed by atoms with Gasteiger partial charge in [-0.1, -0.05) is 17.7 Å². The third-order valence-corrected chi connectivity index (χ3v) is 6.71. The van der Waals surface area contributed by atoms with Gasteiger partial charge in [0.05, 0.1) is 32.1 Å². The highest BCUT2D eigenvalue weighted by Gasteiger charge is 2.13. The van der Waals surface area contributed by atoms with Crippen molar-refractivity contribution in [3.05, 3.63) is 94.8 Å². The number of aromatic hydroxyl groups is 1. The minimum atomic E-state index is 0. The molecular weight excluding hydrogens is 590 g/mol. The first kappa shape index (κ1) is 37.0. The molecule has 0 atom stereocenters. The van der Waals surface area contributed by atoms with Crippen LogP contribution in [0.1, 0.15) is 75.6 Å². The maximum absolute atomic E-state index is 11.1. The number of hydrogen-bond acceptors (Lipinski definition) is 7. The number of aromatic nitrogens is 1.